The Morgan fingerprint density at radius 2 is 1.79 bits per heavy atom. The van der Waals surface area contributed by atoms with Gasteiger partial charge in [-0.05, 0) is 20.8 Å². The van der Waals surface area contributed by atoms with Crippen LogP contribution >= 0.6 is 0 Å². The molecule has 0 aromatic carbocycles. The Hall–Kier alpha value is -1.52. The molecule has 1 rings (SSSR count). The lowest BCUT2D eigenvalue weighted by atomic mass is 10.1. The molecule has 0 amide bonds. The fourth-order valence-electron chi connectivity index (χ4n) is 1.23. The Morgan fingerprint density at radius 3 is 2.21 bits per heavy atom. The zero-order valence-electron chi connectivity index (χ0n) is 8.74. The fourth-order valence-corrected chi connectivity index (χ4v) is 1.23. The molecule has 5 heteroatoms. The summed E-state index contributed by atoms with van der Waals surface area (Å²) in [6.07, 6.45) is 0. The average molecular weight is 198 g/mol. The lowest BCUT2D eigenvalue weighted by molar-refractivity contribution is 0.338. The van der Waals surface area contributed by atoms with Crippen LogP contribution in [0.4, 0.5) is 0 Å². The normalized spacial score (nSPS) is 11.7. The predicted molar refractivity (Wildman–Crippen MR) is 52.6 cm³/mol. The van der Waals surface area contributed by atoms with Crippen LogP contribution in [-0.2, 0) is 12.6 Å². The molecule has 0 spiro atoms. The van der Waals surface area contributed by atoms with Gasteiger partial charge in [-0.3, -0.25) is 13.9 Å². The van der Waals surface area contributed by atoms with Crippen LogP contribution in [-0.4, -0.2) is 14.2 Å². The summed E-state index contributed by atoms with van der Waals surface area (Å²) in [5.74, 6) is -0.319. The Kier molecular flexibility index (Phi) is 2.27. The summed E-state index contributed by atoms with van der Waals surface area (Å²) in [5, 5.41) is 9.22. The van der Waals surface area contributed by atoms with Crippen molar-refractivity contribution in [1.82, 2.24) is 9.13 Å². The van der Waals surface area contributed by atoms with Crippen LogP contribution in [0, 0.1) is 0 Å². The fraction of sp³-hybridized carbons (Fsp3) is 0.556. The summed E-state index contributed by atoms with van der Waals surface area (Å²) in [7, 11) is 1.42. The van der Waals surface area contributed by atoms with E-state index in [2.05, 4.69) is 0 Å². The minimum Gasteiger partial charge on any atom is -0.494 e. The molecule has 78 valence electrons. The van der Waals surface area contributed by atoms with Crippen LogP contribution in [0.25, 0.3) is 0 Å². The van der Waals surface area contributed by atoms with Crippen molar-refractivity contribution in [2.45, 2.75) is 26.3 Å². The van der Waals surface area contributed by atoms with Crippen molar-refractivity contribution in [2.24, 2.45) is 7.05 Å². The molecule has 0 unspecified atom stereocenters. The first-order valence-corrected chi connectivity index (χ1v) is 4.27. The lowest BCUT2D eigenvalue weighted by Gasteiger charge is -2.21. The SMILES string of the molecule is Cn1c(O)cc(=O)n(C(C)(C)C)c1=O. The van der Waals surface area contributed by atoms with E-state index in [0.717, 1.165) is 15.2 Å². The smallest absolute Gasteiger partial charge is 0.334 e. The van der Waals surface area contributed by atoms with Gasteiger partial charge in [0.05, 0.1) is 6.07 Å². The van der Waals surface area contributed by atoms with Crippen molar-refractivity contribution >= 4 is 0 Å². The van der Waals surface area contributed by atoms with Gasteiger partial charge in [0.1, 0.15) is 0 Å². The molecule has 0 aliphatic heterocycles. The van der Waals surface area contributed by atoms with E-state index in [9.17, 15) is 14.7 Å². The summed E-state index contributed by atoms with van der Waals surface area (Å²) in [6, 6.07) is 1.03. The quantitative estimate of drug-likeness (QED) is 0.638. The second kappa shape index (κ2) is 3.01. The van der Waals surface area contributed by atoms with Crippen molar-refractivity contribution in [3.05, 3.63) is 26.9 Å². The molecule has 14 heavy (non-hydrogen) atoms. The average Bonchev–Trinajstić information content (AvgIpc) is 1.97. The van der Waals surface area contributed by atoms with Crippen LogP contribution in [0.15, 0.2) is 15.7 Å². The third-order valence-corrected chi connectivity index (χ3v) is 1.97. The van der Waals surface area contributed by atoms with E-state index in [4.69, 9.17) is 0 Å². The van der Waals surface area contributed by atoms with E-state index < -0.39 is 16.8 Å². The van der Waals surface area contributed by atoms with E-state index in [-0.39, 0.29) is 5.88 Å². The molecule has 0 saturated carbocycles. The third kappa shape index (κ3) is 1.57. The first-order chi connectivity index (χ1) is 6.25. The number of nitrogens with zero attached hydrogens (tertiary/aromatic N) is 2. The van der Waals surface area contributed by atoms with Gasteiger partial charge in [-0.25, -0.2) is 4.79 Å². The van der Waals surface area contributed by atoms with Crippen molar-refractivity contribution in [2.75, 3.05) is 0 Å². The van der Waals surface area contributed by atoms with Crippen LogP contribution in [0.3, 0.4) is 0 Å². The highest BCUT2D eigenvalue weighted by Gasteiger charge is 2.19. The summed E-state index contributed by atoms with van der Waals surface area (Å²) >= 11 is 0. The minimum absolute atomic E-state index is 0.319. The van der Waals surface area contributed by atoms with Crippen molar-refractivity contribution in [1.29, 1.82) is 0 Å². The summed E-state index contributed by atoms with van der Waals surface area (Å²) in [6.45, 7) is 5.27. The Bertz CT molecular complexity index is 462. The number of hydrogen-bond acceptors (Lipinski definition) is 3. The predicted octanol–water partition coefficient (Wildman–Crippen LogP) is 0.00760. The maximum Gasteiger partial charge on any atom is 0.334 e. The van der Waals surface area contributed by atoms with Gasteiger partial charge >= 0.3 is 5.69 Å². The molecule has 0 atom stereocenters. The Balaban J connectivity index is 3.71. The lowest BCUT2D eigenvalue weighted by Crippen LogP contribution is -2.46. The van der Waals surface area contributed by atoms with E-state index in [1.54, 1.807) is 20.8 Å². The van der Waals surface area contributed by atoms with Crippen LogP contribution in [0.2, 0.25) is 0 Å². The van der Waals surface area contributed by atoms with Gasteiger partial charge in [-0.15, -0.1) is 0 Å². The Labute approximate surface area is 81.2 Å². The third-order valence-electron chi connectivity index (χ3n) is 1.97. The molecule has 0 radical (unpaired) electrons. The summed E-state index contributed by atoms with van der Waals surface area (Å²) in [5.41, 5.74) is -1.58. The molecule has 0 aliphatic carbocycles. The van der Waals surface area contributed by atoms with Crippen LogP contribution in [0.1, 0.15) is 20.8 Å². The maximum atomic E-state index is 11.6. The van der Waals surface area contributed by atoms with Gasteiger partial charge in [-0.1, -0.05) is 0 Å². The van der Waals surface area contributed by atoms with Gasteiger partial charge in [0.15, 0.2) is 5.88 Å². The van der Waals surface area contributed by atoms with Crippen LogP contribution < -0.4 is 11.2 Å². The zero-order chi connectivity index (χ0) is 11.1. The van der Waals surface area contributed by atoms with Gasteiger partial charge in [-0.2, -0.15) is 0 Å². The molecule has 1 aromatic heterocycles. The number of aromatic hydroxyl groups is 1. The molecule has 1 heterocycles. The second-order valence-electron chi connectivity index (χ2n) is 4.19. The minimum atomic E-state index is -0.584. The molecule has 5 nitrogen and oxygen atoms in total. The molecule has 0 aliphatic rings. The van der Waals surface area contributed by atoms with E-state index in [1.165, 1.54) is 7.05 Å². The highest BCUT2D eigenvalue weighted by molar-refractivity contribution is 5.07. The van der Waals surface area contributed by atoms with Gasteiger partial charge < -0.3 is 5.11 Å². The van der Waals surface area contributed by atoms with Crippen LogP contribution in [0.5, 0.6) is 5.88 Å². The number of hydrogen-bond donors (Lipinski definition) is 1. The summed E-state index contributed by atoms with van der Waals surface area (Å²) < 4.78 is 2.14. The summed E-state index contributed by atoms with van der Waals surface area (Å²) in [4.78, 5) is 23.1. The first-order valence-electron chi connectivity index (χ1n) is 4.27. The highest BCUT2D eigenvalue weighted by Crippen LogP contribution is 2.08. The molecule has 1 aromatic rings. The number of aromatic nitrogens is 2. The standard InChI is InChI=1S/C9H14N2O3/c1-9(2,3)11-7(13)5-6(12)10(4)8(11)14/h5,12H,1-4H3. The first kappa shape index (κ1) is 10.6. The van der Waals surface area contributed by atoms with E-state index >= 15 is 0 Å². The highest BCUT2D eigenvalue weighted by atomic mass is 16.3. The molecule has 1 N–H and O–H groups in total. The molecular weight excluding hydrogens is 184 g/mol. The molecular formula is C9H14N2O3. The topological polar surface area (TPSA) is 64.2 Å². The molecule has 0 fully saturated rings. The maximum absolute atomic E-state index is 11.6. The largest absolute Gasteiger partial charge is 0.494 e. The van der Waals surface area contributed by atoms with Gasteiger partial charge in [0.25, 0.3) is 5.56 Å². The van der Waals surface area contributed by atoms with Crippen molar-refractivity contribution in [3.8, 4) is 5.88 Å². The Morgan fingerprint density at radius 1 is 1.29 bits per heavy atom. The monoisotopic (exact) mass is 198 g/mol. The second-order valence-corrected chi connectivity index (χ2v) is 4.19. The number of rotatable bonds is 0. The van der Waals surface area contributed by atoms with Crippen molar-refractivity contribution < 1.29 is 5.11 Å². The van der Waals surface area contributed by atoms with Crippen molar-refractivity contribution in [3.63, 3.8) is 0 Å². The van der Waals surface area contributed by atoms with E-state index in [0.29, 0.717) is 0 Å². The van der Waals surface area contributed by atoms with E-state index in [1.807, 2.05) is 0 Å². The molecule has 0 saturated heterocycles. The van der Waals surface area contributed by atoms with Gasteiger partial charge in [0.2, 0.25) is 0 Å². The zero-order valence-corrected chi connectivity index (χ0v) is 8.74. The van der Waals surface area contributed by atoms with Gasteiger partial charge in [0, 0.05) is 12.6 Å². The molecule has 0 bridgehead atoms.